The molecule has 146 valence electrons. The smallest absolute Gasteiger partial charge is 0.321 e. The summed E-state index contributed by atoms with van der Waals surface area (Å²) in [5.41, 5.74) is 1.10. The molecule has 0 unspecified atom stereocenters. The van der Waals surface area contributed by atoms with Crippen LogP contribution in [0.2, 0.25) is 0 Å². The van der Waals surface area contributed by atoms with Crippen LogP contribution in [0.25, 0.3) is 11.3 Å². The fourth-order valence-corrected chi connectivity index (χ4v) is 3.39. The predicted molar refractivity (Wildman–Crippen MR) is 93.3 cm³/mol. The third-order valence-electron chi connectivity index (χ3n) is 3.59. The number of hydrogen-bond acceptors (Lipinski definition) is 6. The van der Waals surface area contributed by atoms with Crippen molar-refractivity contribution in [2.45, 2.75) is 11.5 Å². The van der Waals surface area contributed by atoms with Crippen LogP contribution in [0.3, 0.4) is 0 Å². The van der Waals surface area contributed by atoms with Crippen LogP contribution in [0, 0.1) is 11.6 Å². The Bertz CT molecular complexity index is 1060. The van der Waals surface area contributed by atoms with Crippen LogP contribution in [-0.2, 0) is 26.2 Å². The number of benzene rings is 2. The molecule has 3 aromatic rings. The highest BCUT2D eigenvalue weighted by Gasteiger charge is 2.24. The second-order valence-electron chi connectivity index (χ2n) is 5.58. The summed E-state index contributed by atoms with van der Waals surface area (Å²) in [6, 6.07) is 13.3. The molecule has 0 amide bonds. The van der Waals surface area contributed by atoms with E-state index in [4.69, 9.17) is 9.26 Å². The molecule has 1 heterocycles. The van der Waals surface area contributed by atoms with Crippen molar-refractivity contribution < 1.29 is 31.3 Å². The fourth-order valence-electron chi connectivity index (χ4n) is 2.29. The highest BCUT2D eigenvalue weighted by atomic mass is 32.2. The van der Waals surface area contributed by atoms with Gasteiger partial charge in [-0.3, -0.25) is 4.79 Å². The van der Waals surface area contributed by atoms with Crippen LogP contribution in [0.1, 0.15) is 5.69 Å². The van der Waals surface area contributed by atoms with Gasteiger partial charge in [-0.05, 0) is 12.1 Å². The van der Waals surface area contributed by atoms with Crippen molar-refractivity contribution in [2.24, 2.45) is 0 Å². The molecular formula is C18H14F2N2O5S. The van der Waals surface area contributed by atoms with Crippen LogP contribution in [-0.4, -0.2) is 26.1 Å². The van der Waals surface area contributed by atoms with Crippen LogP contribution in [0.4, 0.5) is 8.78 Å². The van der Waals surface area contributed by atoms with Gasteiger partial charge in [0.2, 0.25) is 10.0 Å². The van der Waals surface area contributed by atoms with Gasteiger partial charge in [-0.1, -0.05) is 41.6 Å². The lowest BCUT2D eigenvalue weighted by Gasteiger charge is -2.08. The van der Waals surface area contributed by atoms with E-state index in [1.165, 1.54) is 0 Å². The van der Waals surface area contributed by atoms with E-state index in [0.717, 1.165) is 23.8 Å². The molecule has 10 heteroatoms. The lowest BCUT2D eigenvalue weighted by atomic mass is 10.2. The molecule has 0 radical (unpaired) electrons. The summed E-state index contributed by atoms with van der Waals surface area (Å²) >= 11 is 0. The number of nitrogens with zero attached hydrogens (tertiary/aromatic N) is 1. The normalized spacial score (nSPS) is 11.4. The van der Waals surface area contributed by atoms with Crippen LogP contribution in [0.5, 0.6) is 0 Å². The fraction of sp³-hybridized carbons (Fsp3) is 0.111. The van der Waals surface area contributed by atoms with Gasteiger partial charge in [0.15, 0.2) is 10.7 Å². The van der Waals surface area contributed by atoms with Gasteiger partial charge < -0.3 is 9.26 Å². The molecule has 1 N–H and O–H groups in total. The Kier molecular flexibility index (Phi) is 5.81. The first-order chi connectivity index (χ1) is 13.4. The molecule has 0 atom stereocenters. The van der Waals surface area contributed by atoms with Crippen molar-refractivity contribution in [3.05, 3.63) is 71.9 Å². The molecule has 2 aromatic carbocycles. The van der Waals surface area contributed by atoms with Crippen molar-refractivity contribution >= 4 is 16.0 Å². The number of ether oxygens (including phenoxy) is 1. The Morgan fingerprint density at radius 2 is 1.75 bits per heavy atom. The molecule has 7 nitrogen and oxygen atoms in total. The van der Waals surface area contributed by atoms with Gasteiger partial charge in [-0.15, -0.1) is 0 Å². The van der Waals surface area contributed by atoms with Crippen molar-refractivity contribution in [3.8, 4) is 11.3 Å². The molecule has 0 bridgehead atoms. The number of halogens is 2. The average molecular weight is 408 g/mol. The predicted octanol–water partition coefficient (Wildman–Crippen LogP) is 2.64. The van der Waals surface area contributed by atoms with E-state index in [0.29, 0.717) is 11.5 Å². The highest BCUT2D eigenvalue weighted by Crippen LogP contribution is 2.20. The molecule has 0 fully saturated rings. The van der Waals surface area contributed by atoms with Crippen molar-refractivity contribution in [1.29, 1.82) is 0 Å². The monoisotopic (exact) mass is 408 g/mol. The van der Waals surface area contributed by atoms with Crippen LogP contribution < -0.4 is 4.72 Å². The Morgan fingerprint density at radius 3 is 2.43 bits per heavy atom. The topological polar surface area (TPSA) is 98.5 Å². The summed E-state index contributed by atoms with van der Waals surface area (Å²) in [6.07, 6.45) is 0. The minimum Gasteiger partial charge on any atom is -0.458 e. The number of sulfonamides is 1. The van der Waals surface area contributed by atoms with Crippen molar-refractivity contribution in [1.82, 2.24) is 9.88 Å². The zero-order valence-electron chi connectivity index (χ0n) is 14.3. The maximum atomic E-state index is 13.6. The van der Waals surface area contributed by atoms with Gasteiger partial charge >= 0.3 is 5.97 Å². The van der Waals surface area contributed by atoms with E-state index in [1.807, 2.05) is 30.3 Å². The summed E-state index contributed by atoms with van der Waals surface area (Å²) in [5, 5.41) is 3.75. The minimum absolute atomic E-state index is 0.259. The lowest BCUT2D eigenvalue weighted by molar-refractivity contribution is -0.143. The van der Waals surface area contributed by atoms with E-state index in [1.54, 1.807) is 10.8 Å². The Balaban J connectivity index is 1.56. The van der Waals surface area contributed by atoms with E-state index < -0.39 is 39.1 Å². The van der Waals surface area contributed by atoms with Gasteiger partial charge in [0.05, 0.1) is 0 Å². The summed E-state index contributed by atoms with van der Waals surface area (Å²) in [4.78, 5) is 10.6. The number of carbonyl (C=O) groups excluding carboxylic acids is 1. The molecule has 1 aromatic heterocycles. The van der Waals surface area contributed by atoms with E-state index >= 15 is 0 Å². The molecule has 0 aliphatic carbocycles. The van der Waals surface area contributed by atoms with E-state index in [9.17, 15) is 22.0 Å². The van der Waals surface area contributed by atoms with Crippen molar-refractivity contribution in [2.75, 3.05) is 6.54 Å². The molecule has 0 spiro atoms. The average Bonchev–Trinajstić information content (AvgIpc) is 3.14. The van der Waals surface area contributed by atoms with Crippen molar-refractivity contribution in [3.63, 3.8) is 0 Å². The number of carbonyl (C=O) groups is 1. The molecule has 3 rings (SSSR count). The Morgan fingerprint density at radius 1 is 1.07 bits per heavy atom. The lowest BCUT2D eigenvalue weighted by Crippen LogP contribution is -2.31. The summed E-state index contributed by atoms with van der Waals surface area (Å²) in [6.45, 7) is -1.07. The van der Waals surface area contributed by atoms with Gasteiger partial charge in [-0.2, -0.15) is 4.72 Å². The SMILES string of the molecule is O=C(CNS(=O)(=O)c1c(F)cccc1F)OCc1cc(-c2ccccc2)on1. The maximum Gasteiger partial charge on any atom is 0.321 e. The number of hydrogen-bond donors (Lipinski definition) is 1. The second kappa shape index (κ2) is 8.28. The first-order valence-electron chi connectivity index (χ1n) is 7.97. The number of aromatic nitrogens is 1. The van der Waals surface area contributed by atoms with Crippen LogP contribution in [0.15, 0.2) is 64.0 Å². The zero-order chi connectivity index (χ0) is 20.1. The molecule has 0 aliphatic heterocycles. The molecular weight excluding hydrogens is 394 g/mol. The summed E-state index contributed by atoms with van der Waals surface area (Å²) in [5.74, 6) is -3.01. The Labute approximate surface area is 159 Å². The first-order valence-corrected chi connectivity index (χ1v) is 9.45. The maximum absolute atomic E-state index is 13.6. The van der Waals surface area contributed by atoms with Gasteiger partial charge in [0.1, 0.15) is 30.5 Å². The molecule has 28 heavy (non-hydrogen) atoms. The third-order valence-corrected chi connectivity index (χ3v) is 5.04. The largest absolute Gasteiger partial charge is 0.458 e. The zero-order valence-corrected chi connectivity index (χ0v) is 15.1. The minimum atomic E-state index is -4.57. The van der Waals surface area contributed by atoms with Crippen LogP contribution >= 0.6 is 0 Å². The number of nitrogens with one attached hydrogen (secondary N) is 1. The van der Waals surface area contributed by atoms with Gasteiger partial charge in [0.25, 0.3) is 0 Å². The van der Waals surface area contributed by atoms with Gasteiger partial charge in [-0.25, -0.2) is 17.2 Å². The first kappa shape index (κ1) is 19.6. The Hall–Kier alpha value is -3.11. The van der Waals surface area contributed by atoms with E-state index in [-0.39, 0.29) is 6.61 Å². The molecule has 0 saturated carbocycles. The second-order valence-corrected chi connectivity index (χ2v) is 7.29. The molecule has 0 saturated heterocycles. The third kappa shape index (κ3) is 4.59. The van der Waals surface area contributed by atoms with E-state index in [2.05, 4.69) is 5.16 Å². The number of esters is 1. The number of rotatable bonds is 7. The van der Waals surface area contributed by atoms with Gasteiger partial charge in [0, 0.05) is 11.6 Å². The standard InChI is InChI=1S/C18H14F2N2O5S/c19-14-7-4-8-15(20)18(14)28(24,25)21-10-17(23)26-11-13-9-16(27-22-13)12-5-2-1-3-6-12/h1-9,21H,10-11H2. The highest BCUT2D eigenvalue weighted by molar-refractivity contribution is 7.89. The summed E-state index contributed by atoms with van der Waals surface area (Å²) < 4.78 is 63.0. The molecule has 0 aliphatic rings. The summed E-state index contributed by atoms with van der Waals surface area (Å²) in [7, 11) is -4.57. The quantitative estimate of drug-likeness (QED) is 0.604.